The first-order valence-electron chi connectivity index (χ1n) is 8.97. The molecule has 0 amide bonds. The summed E-state index contributed by atoms with van der Waals surface area (Å²) in [5, 5.41) is 20.2. The van der Waals surface area contributed by atoms with Crippen molar-refractivity contribution >= 4 is 0 Å². The number of allylic oxidation sites excluding steroid dienone is 2. The van der Waals surface area contributed by atoms with E-state index in [1.54, 1.807) is 12.1 Å². The molecule has 3 rings (SSSR count). The maximum Gasteiger partial charge on any atom is 0.119 e. The highest BCUT2D eigenvalue weighted by Crippen LogP contribution is 2.48. The van der Waals surface area contributed by atoms with E-state index in [-0.39, 0.29) is 5.41 Å². The normalized spacial score (nSPS) is 15.8. The smallest absolute Gasteiger partial charge is 0.119 e. The van der Waals surface area contributed by atoms with Crippen LogP contribution in [0.3, 0.4) is 0 Å². The molecule has 0 aliphatic heterocycles. The van der Waals surface area contributed by atoms with E-state index in [2.05, 4.69) is 25.3 Å². The lowest BCUT2D eigenvalue weighted by Gasteiger charge is -2.31. The summed E-state index contributed by atoms with van der Waals surface area (Å²) in [6.45, 7) is 7.59. The average molecular weight is 334 g/mol. The van der Waals surface area contributed by atoms with E-state index in [9.17, 15) is 10.2 Å². The molecule has 0 bridgehead atoms. The maximum atomic E-state index is 10.1. The van der Waals surface area contributed by atoms with Crippen molar-refractivity contribution in [1.82, 2.24) is 0 Å². The molecule has 130 valence electrons. The number of benzene rings is 2. The van der Waals surface area contributed by atoms with Crippen LogP contribution in [-0.4, -0.2) is 10.2 Å². The van der Waals surface area contributed by atoms with Crippen LogP contribution < -0.4 is 0 Å². The first-order valence-corrected chi connectivity index (χ1v) is 8.97. The summed E-state index contributed by atoms with van der Waals surface area (Å²) in [6, 6.07) is 12.0. The van der Waals surface area contributed by atoms with E-state index < -0.39 is 0 Å². The third-order valence-corrected chi connectivity index (χ3v) is 5.45. The fourth-order valence-corrected chi connectivity index (χ4v) is 4.13. The monoisotopic (exact) mass is 334 g/mol. The van der Waals surface area contributed by atoms with Crippen LogP contribution >= 0.6 is 0 Å². The number of phenols is 2. The highest BCUT2D eigenvalue weighted by molar-refractivity contribution is 5.49. The lowest BCUT2D eigenvalue weighted by molar-refractivity contribution is 0.465. The summed E-state index contributed by atoms with van der Waals surface area (Å²) < 4.78 is 0. The van der Waals surface area contributed by atoms with Gasteiger partial charge < -0.3 is 10.2 Å². The van der Waals surface area contributed by atoms with Crippen molar-refractivity contribution in [3.05, 3.63) is 84.0 Å². The second-order valence-corrected chi connectivity index (χ2v) is 6.96. The highest BCUT2D eigenvalue weighted by Gasteiger charge is 2.38. The van der Waals surface area contributed by atoms with Gasteiger partial charge in [0.2, 0.25) is 0 Å². The van der Waals surface area contributed by atoms with E-state index in [1.165, 1.54) is 24.0 Å². The molecule has 2 N–H and O–H groups in total. The van der Waals surface area contributed by atoms with Gasteiger partial charge >= 0.3 is 0 Å². The second-order valence-electron chi connectivity index (χ2n) is 6.96. The summed E-state index contributed by atoms with van der Waals surface area (Å²) in [5.41, 5.74) is 4.28. The zero-order valence-corrected chi connectivity index (χ0v) is 14.7. The molecule has 1 fully saturated rings. The Hall–Kier alpha value is -2.48. The summed E-state index contributed by atoms with van der Waals surface area (Å²) in [5.74, 6) is 0.657. The first-order chi connectivity index (χ1) is 12.1. The minimum atomic E-state index is -0.0484. The number of phenolic OH excluding ortho intramolecular Hbond substituents is 2. The molecule has 2 nitrogen and oxygen atoms in total. The molecule has 0 atom stereocenters. The molecular weight excluding hydrogens is 308 g/mol. The zero-order chi connectivity index (χ0) is 17.9. The van der Waals surface area contributed by atoms with Gasteiger partial charge in [0.15, 0.2) is 0 Å². The van der Waals surface area contributed by atoms with Gasteiger partial charge in [-0.25, -0.2) is 0 Å². The standard InChI is InChI=1S/C23H26O2/c1-3-7-17-15-19(9-11-21(17)24)23(13-5-6-14-23)20-10-12-22(25)18(16-20)8-4-2/h3-4,9-12,15-16,24-25H,1-2,5-8,13-14H2. The largest absolute Gasteiger partial charge is 0.508 e. The molecule has 1 aliphatic carbocycles. The van der Waals surface area contributed by atoms with Crippen LogP contribution in [0.15, 0.2) is 61.7 Å². The van der Waals surface area contributed by atoms with Crippen molar-refractivity contribution in [3.8, 4) is 11.5 Å². The van der Waals surface area contributed by atoms with Gasteiger partial charge in [0.1, 0.15) is 11.5 Å². The third kappa shape index (κ3) is 3.21. The van der Waals surface area contributed by atoms with Crippen LogP contribution in [0.2, 0.25) is 0 Å². The van der Waals surface area contributed by atoms with Gasteiger partial charge in [-0.15, -0.1) is 13.2 Å². The summed E-state index contributed by atoms with van der Waals surface area (Å²) in [6.07, 6.45) is 9.52. The second kappa shape index (κ2) is 7.18. The molecule has 0 radical (unpaired) electrons. The molecule has 0 saturated heterocycles. The van der Waals surface area contributed by atoms with Gasteiger partial charge in [-0.05, 0) is 60.1 Å². The Morgan fingerprint density at radius 3 is 1.64 bits per heavy atom. The predicted octanol–water partition coefficient (Wildman–Crippen LogP) is 5.41. The summed E-state index contributed by atoms with van der Waals surface area (Å²) >= 11 is 0. The summed E-state index contributed by atoms with van der Waals surface area (Å²) in [7, 11) is 0. The minimum Gasteiger partial charge on any atom is -0.508 e. The van der Waals surface area contributed by atoms with E-state index >= 15 is 0 Å². The lowest BCUT2D eigenvalue weighted by atomic mass is 9.72. The van der Waals surface area contributed by atoms with E-state index in [1.807, 2.05) is 24.3 Å². The van der Waals surface area contributed by atoms with Gasteiger partial charge in [-0.2, -0.15) is 0 Å². The van der Waals surface area contributed by atoms with E-state index in [4.69, 9.17) is 0 Å². The summed E-state index contributed by atoms with van der Waals surface area (Å²) in [4.78, 5) is 0. The lowest BCUT2D eigenvalue weighted by Crippen LogP contribution is -2.24. The van der Waals surface area contributed by atoms with Crippen molar-refractivity contribution in [2.24, 2.45) is 0 Å². The van der Waals surface area contributed by atoms with Gasteiger partial charge in [0, 0.05) is 5.41 Å². The SMILES string of the molecule is C=CCc1cc(C2(c3ccc(O)c(CC=C)c3)CCCC2)ccc1O. The predicted molar refractivity (Wildman–Crippen MR) is 103 cm³/mol. The van der Waals surface area contributed by atoms with Gasteiger partial charge in [-0.3, -0.25) is 0 Å². The average Bonchev–Trinajstić information content (AvgIpc) is 3.10. The molecule has 0 unspecified atom stereocenters. The molecule has 1 saturated carbocycles. The van der Waals surface area contributed by atoms with Crippen LogP contribution in [0.5, 0.6) is 11.5 Å². The third-order valence-electron chi connectivity index (χ3n) is 5.45. The quantitative estimate of drug-likeness (QED) is 0.693. The molecule has 0 aromatic heterocycles. The highest BCUT2D eigenvalue weighted by atomic mass is 16.3. The molecule has 2 aromatic rings. The first kappa shape index (κ1) is 17.3. The zero-order valence-electron chi connectivity index (χ0n) is 14.7. The molecule has 0 heterocycles. The van der Waals surface area contributed by atoms with Crippen LogP contribution in [0.25, 0.3) is 0 Å². The maximum absolute atomic E-state index is 10.1. The minimum absolute atomic E-state index is 0.0484. The van der Waals surface area contributed by atoms with Gasteiger partial charge in [-0.1, -0.05) is 49.3 Å². The molecule has 1 aliphatic rings. The number of hydrogen-bond donors (Lipinski definition) is 2. The van der Waals surface area contributed by atoms with Crippen molar-refractivity contribution < 1.29 is 10.2 Å². The number of aromatic hydroxyl groups is 2. The van der Waals surface area contributed by atoms with Crippen molar-refractivity contribution in [1.29, 1.82) is 0 Å². The number of rotatable bonds is 6. The molecule has 0 spiro atoms. The van der Waals surface area contributed by atoms with E-state index in [0.717, 1.165) is 24.0 Å². The Bertz CT molecular complexity index is 721. The molecular formula is C23H26O2. The fourth-order valence-electron chi connectivity index (χ4n) is 4.13. The fraction of sp³-hybridized carbons (Fsp3) is 0.304. The van der Waals surface area contributed by atoms with Crippen molar-refractivity contribution in [2.75, 3.05) is 0 Å². The van der Waals surface area contributed by atoms with Crippen LogP contribution in [0, 0.1) is 0 Å². The Labute approximate surface area is 150 Å². The Kier molecular flexibility index (Phi) is 4.98. The topological polar surface area (TPSA) is 40.5 Å². The Morgan fingerprint density at radius 1 is 0.800 bits per heavy atom. The Balaban J connectivity index is 2.12. The van der Waals surface area contributed by atoms with Gasteiger partial charge in [0.25, 0.3) is 0 Å². The van der Waals surface area contributed by atoms with Crippen LogP contribution in [-0.2, 0) is 18.3 Å². The molecule has 2 aromatic carbocycles. The molecule has 2 heteroatoms. The van der Waals surface area contributed by atoms with Crippen LogP contribution in [0.1, 0.15) is 47.9 Å². The van der Waals surface area contributed by atoms with Gasteiger partial charge in [0.05, 0.1) is 0 Å². The van der Waals surface area contributed by atoms with Crippen LogP contribution in [0.4, 0.5) is 0 Å². The van der Waals surface area contributed by atoms with E-state index in [0.29, 0.717) is 24.3 Å². The van der Waals surface area contributed by atoms with Crippen molar-refractivity contribution in [2.45, 2.75) is 43.9 Å². The Morgan fingerprint density at radius 2 is 1.24 bits per heavy atom. The number of hydrogen-bond acceptors (Lipinski definition) is 2. The molecule has 25 heavy (non-hydrogen) atoms. The van der Waals surface area contributed by atoms with Crippen molar-refractivity contribution in [3.63, 3.8) is 0 Å².